The quantitative estimate of drug-likeness (QED) is 0.866. The molecule has 100 valence electrons. The van der Waals surface area contributed by atoms with Gasteiger partial charge in [0.1, 0.15) is 5.82 Å². The van der Waals surface area contributed by atoms with E-state index in [1.165, 1.54) is 12.5 Å². The average Bonchev–Trinajstić information content (AvgIpc) is 2.20. The van der Waals surface area contributed by atoms with Crippen LogP contribution in [0.15, 0.2) is 22.7 Å². The van der Waals surface area contributed by atoms with Gasteiger partial charge in [0.05, 0.1) is 0 Å². The van der Waals surface area contributed by atoms with E-state index in [9.17, 15) is 4.39 Å². The lowest BCUT2D eigenvalue weighted by Gasteiger charge is -2.40. The first-order valence-electron chi connectivity index (χ1n) is 6.61. The van der Waals surface area contributed by atoms with Crippen LogP contribution in [0.25, 0.3) is 0 Å². The van der Waals surface area contributed by atoms with E-state index in [4.69, 9.17) is 5.73 Å². The molecule has 2 N–H and O–H groups in total. The Labute approximate surface area is 117 Å². The number of hydrogen-bond acceptors (Lipinski definition) is 1. The van der Waals surface area contributed by atoms with Crippen molar-refractivity contribution >= 4 is 15.9 Å². The summed E-state index contributed by atoms with van der Waals surface area (Å²) in [5.41, 5.74) is 6.99. The molecule has 1 fully saturated rings. The highest BCUT2D eigenvalue weighted by atomic mass is 79.9. The maximum Gasteiger partial charge on any atom is 0.127 e. The maximum absolute atomic E-state index is 13.9. The van der Waals surface area contributed by atoms with Crippen LogP contribution >= 0.6 is 15.9 Å². The van der Waals surface area contributed by atoms with Gasteiger partial charge in [0.2, 0.25) is 0 Å². The van der Waals surface area contributed by atoms with Gasteiger partial charge in [0, 0.05) is 10.0 Å². The normalized spacial score (nSPS) is 32.5. The molecular formula is C15H21BrFN. The highest BCUT2D eigenvalue weighted by Crippen LogP contribution is 2.36. The molecule has 0 amide bonds. The van der Waals surface area contributed by atoms with Gasteiger partial charge in [-0.1, -0.05) is 35.8 Å². The van der Waals surface area contributed by atoms with Gasteiger partial charge in [-0.15, -0.1) is 0 Å². The van der Waals surface area contributed by atoms with Crippen molar-refractivity contribution < 1.29 is 4.39 Å². The van der Waals surface area contributed by atoms with Gasteiger partial charge < -0.3 is 5.73 Å². The monoisotopic (exact) mass is 313 g/mol. The lowest BCUT2D eigenvalue weighted by atomic mass is 9.70. The first kappa shape index (κ1) is 14.0. The molecule has 1 aliphatic carbocycles. The molecule has 0 saturated heterocycles. The predicted octanol–water partition coefficient (Wildman–Crippen LogP) is 4.28. The standard InChI is InChI=1S/C15H21BrFN/c1-10-5-11(2)8-15(18,7-10)9-12-3-4-13(16)6-14(12)17/h3-4,6,10-11H,5,7-9,18H2,1-2H3. The summed E-state index contributed by atoms with van der Waals surface area (Å²) in [4.78, 5) is 0. The van der Waals surface area contributed by atoms with Crippen molar-refractivity contribution in [2.45, 2.75) is 45.1 Å². The summed E-state index contributed by atoms with van der Waals surface area (Å²) in [6, 6.07) is 5.25. The Morgan fingerprint density at radius 3 is 2.50 bits per heavy atom. The fourth-order valence-electron chi connectivity index (χ4n) is 3.51. The van der Waals surface area contributed by atoms with Gasteiger partial charge in [-0.3, -0.25) is 0 Å². The second-order valence-corrected chi connectivity index (χ2v) is 7.04. The minimum Gasteiger partial charge on any atom is -0.325 e. The topological polar surface area (TPSA) is 26.0 Å². The fourth-order valence-corrected chi connectivity index (χ4v) is 3.85. The van der Waals surface area contributed by atoms with Crippen molar-refractivity contribution in [3.8, 4) is 0 Å². The molecule has 18 heavy (non-hydrogen) atoms. The van der Waals surface area contributed by atoms with Crippen LogP contribution in [0.4, 0.5) is 4.39 Å². The highest BCUT2D eigenvalue weighted by molar-refractivity contribution is 9.10. The van der Waals surface area contributed by atoms with Crippen LogP contribution in [-0.4, -0.2) is 5.54 Å². The van der Waals surface area contributed by atoms with Crippen LogP contribution < -0.4 is 5.73 Å². The second kappa shape index (κ2) is 5.30. The van der Waals surface area contributed by atoms with E-state index < -0.39 is 0 Å². The van der Waals surface area contributed by atoms with Crippen LogP contribution in [0, 0.1) is 17.7 Å². The van der Waals surface area contributed by atoms with Gasteiger partial charge in [-0.2, -0.15) is 0 Å². The summed E-state index contributed by atoms with van der Waals surface area (Å²) in [6.45, 7) is 4.49. The molecule has 2 unspecified atom stereocenters. The first-order valence-corrected chi connectivity index (χ1v) is 7.40. The molecule has 3 heteroatoms. The van der Waals surface area contributed by atoms with Crippen molar-refractivity contribution in [2.75, 3.05) is 0 Å². The van der Waals surface area contributed by atoms with Gasteiger partial charge in [-0.05, 0) is 55.2 Å². The Morgan fingerprint density at radius 1 is 1.33 bits per heavy atom. The van der Waals surface area contributed by atoms with Crippen molar-refractivity contribution in [1.82, 2.24) is 0 Å². The molecule has 1 saturated carbocycles. The van der Waals surface area contributed by atoms with E-state index in [2.05, 4.69) is 29.8 Å². The largest absolute Gasteiger partial charge is 0.325 e. The van der Waals surface area contributed by atoms with Crippen molar-refractivity contribution in [2.24, 2.45) is 17.6 Å². The summed E-state index contributed by atoms with van der Waals surface area (Å²) in [6.07, 6.45) is 3.86. The minimum atomic E-state index is -0.244. The van der Waals surface area contributed by atoms with Crippen LogP contribution in [0.1, 0.15) is 38.7 Å². The third-order valence-corrected chi connectivity index (χ3v) is 4.37. The molecule has 1 aromatic carbocycles. The summed E-state index contributed by atoms with van der Waals surface area (Å²) in [5, 5.41) is 0. The van der Waals surface area contributed by atoms with Crippen LogP contribution in [0.2, 0.25) is 0 Å². The number of nitrogens with two attached hydrogens (primary N) is 1. The van der Waals surface area contributed by atoms with Crippen molar-refractivity contribution in [3.63, 3.8) is 0 Å². The van der Waals surface area contributed by atoms with Gasteiger partial charge in [0.25, 0.3) is 0 Å². The van der Waals surface area contributed by atoms with Crippen molar-refractivity contribution in [1.29, 1.82) is 0 Å². The molecule has 1 aliphatic rings. The number of hydrogen-bond donors (Lipinski definition) is 1. The van der Waals surface area contributed by atoms with Gasteiger partial charge in [-0.25, -0.2) is 4.39 Å². The lowest BCUT2D eigenvalue weighted by Crippen LogP contribution is -2.48. The Balaban J connectivity index is 2.16. The van der Waals surface area contributed by atoms with Gasteiger partial charge >= 0.3 is 0 Å². The third kappa shape index (κ3) is 3.33. The zero-order chi connectivity index (χ0) is 13.3. The predicted molar refractivity (Wildman–Crippen MR) is 76.9 cm³/mol. The summed E-state index contributed by atoms with van der Waals surface area (Å²) < 4.78 is 14.7. The fraction of sp³-hybridized carbons (Fsp3) is 0.600. The molecule has 0 aromatic heterocycles. The van der Waals surface area contributed by atoms with Crippen LogP contribution in [0.5, 0.6) is 0 Å². The summed E-state index contributed by atoms with van der Waals surface area (Å²) >= 11 is 3.28. The van der Waals surface area contributed by atoms with E-state index in [0.29, 0.717) is 18.3 Å². The highest BCUT2D eigenvalue weighted by Gasteiger charge is 2.35. The molecule has 0 bridgehead atoms. The average molecular weight is 314 g/mol. The molecule has 0 aliphatic heterocycles. The number of halogens is 2. The maximum atomic E-state index is 13.9. The van der Waals surface area contributed by atoms with E-state index in [1.807, 2.05) is 12.1 Å². The van der Waals surface area contributed by atoms with Crippen LogP contribution in [0.3, 0.4) is 0 Å². The molecular weight excluding hydrogens is 293 g/mol. The molecule has 2 atom stereocenters. The summed E-state index contributed by atoms with van der Waals surface area (Å²) in [5.74, 6) is 1.12. The Hall–Kier alpha value is -0.410. The Morgan fingerprint density at radius 2 is 1.94 bits per heavy atom. The second-order valence-electron chi connectivity index (χ2n) is 6.13. The van der Waals surface area contributed by atoms with E-state index in [1.54, 1.807) is 0 Å². The van der Waals surface area contributed by atoms with E-state index in [-0.39, 0.29) is 11.4 Å². The van der Waals surface area contributed by atoms with Gasteiger partial charge in [0.15, 0.2) is 0 Å². The van der Waals surface area contributed by atoms with Crippen LogP contribution in [-0.2, 0) is 6.42 Å². The Bertz CT molecular complexity index is 423. The zero-order valence-electron chi connectivity index (χ0n) is 11.0. The van der Waals surface area contributed by atoms with E-state index in [0.717, 1.165) is 22.9 Å². The summed E-state index contributed by atoms with van der Waals surface area (Å²) in [7, 11) is 0. The SMILES string of the molecule is CC1CC(C)CC(N)(Cc2ccc(Br)cc2F)C1. The molecule has 0 heterocycles. The molecule has 2 rings (SSSR count). The molecule has 0 radical (unpaired) electrons. The van der Waals surface area contributed by atoms with E-state index >= 15 is 0 Å². The number of benzene rings is 1. The smallest absolute Gasteiger partial charge is 0.127 e. The first-order chi connectivity index (χ1) is 8.38. The number of rotatable bonds is 2. The molecule has 1 aromatic rings. The third-order valence-electron chi connectivity index (χ3n) is 3.87. The zero-order valence-corrected chi connectivity index (χ0v) is 12.6. The molecule has 0 spiro atoms. The van der Waals surface area contributed by atoms with Crippen molar-refractivity contribution in [3.05, 3.63) is 34.1 Å². The molecule has 1 nitrogen and oxygen atoms in total. The minimum absolute atomic E-state index is 0.153. The Kier molecular flexibility index (Phi) is 4.12. The lowest BCUT2D eigenvalue weighted by molar-refractivity contribution is 0.181.